The van der Waals surface area contributed by atoms with Crippen LogP contribution in [-0.4, -0.2) is 20.0 Å². The van der Waals surface area contributed by atoms with Gasteiger partial charge in [0.05, 0.1) is 14.2 Å². The van der Waals surface area contributed by atoms with Crippen LogP contribution in [0, 0.1) is 20.8 Å². The molecule has 0 aliphatic rings. The first-order chi connectivity index (χ1) is 13.9. The summed E-state index contributed by atoms with van der Waals surface area (Å²) in [5.41, 5.74) is 6.32. The molecule has 0 unspecified atom stereocenters. The van der Waals surface area contributed by atoms with Crippen molar-refractivity contribution in [2.24, 2.45) is 0 Å². The maximum atomic E-state index is 13.7. The average Bonchev–Trinajstić information content (AvgIpc) is 2.71. The lowest BCUT2D eigenvalue weighted by atomic mass is 9.89. The molecule has 0 aliphatic carbocycles. The number of rotatable bonds is 6. The van der Waals surface area contributed by atoms with Gasteiger partial charge < -0.3 is 9.47 Å². The highest BCUT2D eigenvalue weighted by molar-refractivity contribution is 6.33. The van der Waals surface area contributed by atoms with E-state index in [1.165, 1.54) is 0 Å². The second kappa shape index (κ2) is 8.78. The van der Waals surface area contributed by atoms with Gasteiger partial charge in [0.25, 0.3) is 0 Å². The van der Waals surface area contributed by atoms with Gasteiger partial charge in [-0.25, -0.2) is 0 Å². The Bertz CT molecular complexity index is 1020. The van der Waals surface area contributed by atoms with Crippen molar-refractivity contribution in [3.63, 3.8) is 0 Å². The molecule has 3 heteroatoms. The minimum absolute atomic E-state index is 0.0148. The van der Waals surface area contributed by atoms with Crippen LogP contribution in [0.15, 0.2) is 60.7 Å². The molecule has 0 spiro atoms. The number of ether oxygens (including phenoxy) is 2. The third-order valence-corrected chi connectivity index (χ3v) is 4.98. The lowest BCUT2D eigenvalue weighted by Gasteiger charge is -2.14. The predicted octanol–water partition coefficient (Wildman–Crippen LogP) is 6.05. The molecule has 0 heterocycles. The van der Waals surface area contributed by atoms with Crippen LogP contribution >= 0.6 is 0 Å². The van der Waals surface area contributed by atoms with E-state index < -0.39 is 0 Å². The SMILES string of the molecule is COc1ccc(/C=C(/C(=O)c2c(C)cc(C)cc2C)c2ccc(OC)cc2)cc1. The van der Waals surface area contributed by atoms with E-state index in [0.29, 0.717) is 5.57 Å². The molecular formula is C26H26O3. The summed E-state index contributed by atoms with van der Waals surface area (Å²) in [7, 11) is 3.27. The second-order valence-corrected chi connectivity index (χ2v) is 7.16. The zero-order valence-electron chi connectivity index (χ0n) is 17.6. The van der Waals surface area contributed by atoms with Crippen LogP contribution in [-0.2, 0) is 0 Å². The molecule has 0 N–H and O–H groups in total. The zero-order valence-corrected chi connectivity index (χ0v) is 17.6. The van der Waals surface area contributed by atoms with E-state index in [-0.39, 0.29) is 5.78 Å². The maximum absolute atomic E-state index is 13.7. The van der Waals surface area contributed by atoms with Gasteiger partial charge in [0.1, 0.15) is 11.5 Å². The minimum Gasteiger partial charge on any atom is -0.497 e. The van der Waals surface area contributed by atoms with E-state index in [1.54, 1.807) is 14.2 Å². The summed E-state index contributed by atoms with van der Waals surface area (Å²) in [4.78, 5) is 13.7. The van der Waals surface area contributed by atoms with Crippen LogP contribution < -0.4 is 9.47 Å². The van der Waals surface area contributed by atoms with Gasteiger partial charge >= 0.3 is 0 Å². The highest BCUT2D eigenvalue weighted by Gasteiger charge is 2.19. The number of methoxy groups -OCH3 is 2. The Balaban J connectivity index is 2.13. The standard InChI is InChI=1S/C26H26O3/c1-17-14-18(2)25(19(3)15-17)26(27)24(21-8-12-23(29-5)13-9-21)16-20-6-10-22(28-4)11-7-20/h6-16H,1-5H3/b24-16+. The molecule has 0 amide bonds. The number of benzene rings is 3. The fourth-order valence-corrected chi connectivity index (χ4v) is 3.59. The Morgan fingerprint density at radius 1 is 0.759 bits per heavy atom. The van der Waals surface area contributed by atoms with Gasteiger partial charge in [-0.2, -0.15) is 0 Å². The molecule has 0 aliphatic heterocycles. The Hall–Kier alpha value is -3.33. The molecule has 0 saturated heterocycles. The number of allylic oxidation sites excluding steroid dienone is 1. The lowest BCUT2D eigenvalue weighted by Crippen LogP contribution is -2.08. The Morgan fingerprint density at radius 3 is 1.72 bits per heavy atom. The van der Waals surface area contributed by atoms with Crippen molar-refractivity contribution >= 4 is 17.4 Å². The largest absolute Gasteiger partial charge is 0.497 e. The van der Waals surface area contributed by atoms with Crippen molar-refractivity contribution in [3.8, 4) is 11.5 Å². The minimum atomic E-state index is 0.0148. The van der Waals surface area contributed by atoms with E-state index in [1.807, 2.05) is 75.4 Å². The summed E-state index contributed by atoms with van der Waals surface area (Å²) in [6, 6.07) is 19.4. The quantitative estimate of drug-likeness (QED) is 0.294. The van der Waals surface area contributed by atoms with Gasteiger partial charge in [0, 0.05) is 11.1 Å². The third-order valence-electron chi connectivity index (χ3n) is 4.98. The summed E-state index contributed by atoms with van der Waals surface area (Å²) in [5, 5.41) is 0. The maximum Gasteiger partial charge on any atom is 0.194 e. The van der Waals surface area contributed by atoms with Crippen LogP contribution in [0.25, 0.3) is 11.6 Å². The molecule has 3 nitrogen and oxygen atoms in total. The van der Waals surface area contributed by atoms with Gasteiger partial charge in [-0.1, -0.05) is 42.0 Å². The van der Waals surface area contributed by atoms with Crippen LogP contribution in [0.1, 0.15) is 38.2 Å². The summed E-state index contributed by atoms with van der Waals surface area (Å²) in [5.74, 6) is 1.55. The number of carbonyl (C=O) groups is 1. The van der Waals surface area contributed by atoms with Gasteiger partial charge in [-0.3, -0.25) is 4.79 Å². The Labute approximate surface area is 172 Å². The summed E-state index contributed by atoms with van der Waals surface area (Å²) >= 11 is 0. The highest BCUT2D eigenvalue weighted by atomic mass is 16.5. The molecule has 3 aromatic carbocycles. The van der Waals surface area contributed by atoms with E-state index in [2.05, 4.69) is 12.1 Å². The first kappa shape index (κ1) is 20.4. The van der Waals surface area contributed by atoms with Gasteiger partial charge in [0.15, 0.2) is 5.78 Å². The highest BCUT2D eigenvalue weighted by Crippen LogP contribution is 2.28. The number of hydrogen-bond donors (Lipinski definition) is 0. The predicted molar refractivity (Wildman–Crippen MR) is 119 cm³/mol. The second-order valence-electron chi connectivity index (χ2n) is 7.16. The molecule has 0 fully saturated rings. The van der Waals surface area contributed by atoms with Crippen LogP contribution in [0.4, 0.5) is 0 Å². The number of carbonyl (C=O) groups excluding carboxylic acids is 1. The Kier molecular flexibility index (Phi) is 6.18. The monoisotopic (exact) mass is 386 g/mol. The van der Waals surface area contributed by atoms with Crippen molar-refractivity contribution in [2.45, 2.75) is 20.8 Å². The average molecular weight is 386 g/mol. The molecular weight excluding hydrogens is 360 g/mol. The molecule has 3 rings (SSSR count). The van der Waals surface area contributed by atoms with E-state index in [4.69, 9.17) is 9.47 Å². The van der Waals surface area contributed by atoms with Gasteiger partial charge in [-0.05, 0) is 73.4 Å². The lowest BCUT2D eigenvalue weighted by molar-refractivity contribution is 0.105. The third kappa shape index (κ3) is 4.57. The van der Waals surface area contributed by atoms with Gasteiger partial charge in [-0.15, -0.1) is 0 Å². The van der Waals surface area contributed by atoms with Crippen molar-refractivity contribution in [1.82, 2.24) is 0 Å². The van der Waals surface area contributed by atoms with Crippen molar-refractivity contribution in [1.29, 1.82) is 0 Å². The van der Waals surface area contributed by atoms with Crippen molar-refractivity contribution in [3.05, 3.63) is 94.0 Å². The smallest absolute Gasteiger partial charge is 0.194 e. The first-order valence-electron chi connectivity index (χ1n) is 9.55. The van der Waals surface area contributed by atoms with Crippen LogP contribution in [0.3, 0.4) is 0 Å². The van der Waals surface area contributed by atoms with E-state index in [9.17, 15) is 4.79 Å². The fraction of sp³-hybridized carbons (Fsp3) is 0.192. The number of hydrogen-bond acceptors (Lipinski definition) is 3. The molecule has 29 heavy (non-hydrogen) atoms. The fourth-order valence-electron chi connectivity index (χ4n) is 3.59. The van der Waals surface area contributed by atoms with Gasteiger partial charge in [0.2, 0.25) is 0 Å². The number of aryl methyl sites for hydroxylation is 3. The molecule has 0 radical (unpaired) electrons. The van der Waals surface area contributed by atoms with E-state index in [0.717, 1.165) is 44.9 Å². The van der Waals surface area contributed by atoms with Crippen LogP contribution in [0.5, 0.6) is 11.5 Å². The topological polar surface area (TPSA) is 35.5 Å². The molecule has 0 aromatic heterocycles. The molecule has 3 aromatic rings. The number of Topliss-reactive ketones (excluding diaryl/α,β-unsaturated/α-hetero) is 1. The molecule has 148 valence electrons. The molecule has 0 saturated carbocycles. The van der Waals surface area contributed by atoms with E-state index >= 15 is 0 Å². The molecule has 0 atom stereocenters. The van der Waals surface area contributed by atoms with Crippen molar-refractivity contribution < 1.29 is 14.3 Å². The summed E-state index contributed by atoms with van der Waals surface area (Å²) in [6.07, 6.45) is 1.93. The normalized spacial score (nSPS) is 11.3. The Morgan fingerprint density at radius 2 is 1.24 bits per heavy atom. The summed E-state index contributed by atoms with van der Waals surface area (Å²) in [6.45, 7) is 6.03. The first-order valence-corrected chi connectivity index (χ1v) is 9.55. The van der Waals surface area contributed by atoms with Crippen LogP contribution in [0.2, 0.25) is 0 Å². The molecule has 0 bridgehead atoms. The number of ketones is 1. The summed E-state index contributed by atoms with van der Waals surface area (Å²) < 4.78 is 10.5. The zero-order chi connectivity index (χ0) is 21.0. The van der Waals surface area contributed by atoms with Crippen molar-refractivity contribution in [2.75, 3.05) is 14.2 Å².